The molecular formula is C27H26F2O4S. The fraction of sp³-hybridized carbons (Fsp3) is 0.296. The summed E-state index contributed by atoms with van der Waals surface area (Å²) in [6.45, 7) is 4.20. The molecular weight excluding hydrogens is 458 g/mol. The second kappa shape index (κ2) is 10.6. The van der Waals surface area contributed by atoms with E-state index in [1.165, 1.54) is 36.0 Å². The third kappa shape index (κ3) is 5.96. The van der Waals surface area contributed by atoms with Crippen molar-refractivity contribution in [3.8, 4) is 16.9 Å². The Morgan fingerprint density at radius 3 is 2.29 bits per heavy atom. The van der Waals surface area contributed by atoms with Crippen LogP contribution in [-0.2, 0) is 9.53 Å². The van der Waals surface area contributed by atoms with Crippen molar-refractivity contribution in [3.63, 3.8) is 0 Å². The molecule has 2 atom stereocenters. The minimum atomic E-state index is -0.745. The molecule has 178 valence electrons. The van der Waals surface area contributed by atoms with Gasteiger partial charge in [0.15, 0.2) is 0 Å². The Kier molecular flexibility index (Phi) is 7.54. The Morgan fingerprint density at radius 2 is 1.68 bits per heavy atom. The van der Waals surface area contributed by atoms with Crippen LogP contribution in [0.3, 0.4) is 0 Å². The maximum absolute atomic E-state index is 13.6. The summed E-state index contributed by atoms with van der Waals surface area (Å²) in [5.41, 5.74) is 2.49. The minimum absolute atomic E-state index is 0.0100. The molecule has 0 spiro atoms. The van der Waals surface area contributed by atoms with E-state index in [-0.39, 0.29) is 30.6 Å². The zero-order valence-electron chi connectivity index (χ0n) is 19.0. The van der Waals surface area contributed by atoms with Crippen molar-refractivity contribution >= 4 is 17.7 Å². The van der Waals surface area contributed by atoms with Crippen LogP contribution in [0.15, 0.2) is 70.5 Å². The summed E-state index contributed by atoms with van der Waals surface area (Å²) in [4.78, 5) is 13.5. The molecule has 0 bridgehead atoms. The van der Waals surface area contributed by atoms with Gasteiger partial charge in [0.1, 0.15) is 30.1 Å². The van der Waals surface area contributed by atoms with E-state index in [1.807, 2.05) is 26.0 Å². The van der Waals surface area contributed by atoms with Gasteiger partial charge in [-0.05, 0) is 65.6 Å². The Balaban J connectivity index is 1.72. The van der Waals surface area contributed by atoms with Crippen LogP contribution in [-0.4, -0.2) is 29.9 Å². The van der Waals surface area contributed by atoms with Crippen molar-refractivity contribution < 1.29 is 28.2 Å². The molecule has 0 saturated carbocycles. The van der Waals surface area contributed by atoms with Gasteiger partial charge in [-0.1, -0.05) is 37.7 Å². The maximum Gasteiger partial charge on any atom is 0.308 e. The monoisotopic (exact) mass is 484 g/mol. The van der Waals surface area contributed by atoms with Crippen molar-refractivity contribution in [1.82, 2.24) is 0 Å². The standard InChI is InChI=1S/C27H26F2O4S/c1-16(2)24-13-23(34-22-9-7-19(29)8-10-22)14-25(17-3-5-18(28)6-4-17)27(24)32-15-21-11-20(30)12-26(31)33-21/h3-10,13-14,16,20-21,30H,11-12,15H2,1-2H3/t20-,21?/m1/s1. The molecule has 1 fully saturated rings. The van der Waals surface area contributed by atoms with E-state index < -0.39 is 18.2 Å². The van der Waals surface area contributed by atoms with Crippen LogP contribution in [0.5, 0.6) is 5.75 Å². The first-order valence-electron chi connectivity index (χ1n) is 11.2. The lowest BCUT2D eigenvalue weighted by molar-refractivity contribution is -0.162. The van der Waals surface area contributed by atoms with Crippen LogP contribution in [0.2, 0.25) is 0 Å². The lowest BCUT2D eigenvalue weighted by atomic mass is 9.95. The molecule has 1 unspecified atom stereocenters. The number of ether oxygens (including phenoxy) is 2. The van der Waals surface area contributed by atoms with Crippen LogP contribution < -0.4 is 4.74 Å². The first kappa shape index (κ1) is 24.2. The summed E-state index contributed by atoms with van der Waals surface area (Å²) in [6.07, 6.45) is -0.993. The van der Waals surface area contributed by atoms with E-state index in [0.29, 0.717) is 12.2 Å². The lowest BCUT2D eigenvalue weighted by Gasteiger charge is -2.27. The second-order valence-corrected chi connectivity index (χ2v) is 9.77. The van der Waals surface area contributed by atoms with Crippen LogP contribution in [0, 0.1) is 11.6 Å². The molecule has 3 aromatic rings. The molecule has 0 radical (unpaired) electrons. The van der Waals surface area contributed by atoms with Gasteiger partial charge in [-0.3, -0.25) is 4.79 Å². The van der Waals surface area contributed by atoms with Crippen molar-refractivity contribution in [2.24, 2.45) is 0 Å². The van der Waals surface area contributed by atoms with Gasteiger partial charge in [0.2, 0.25) is 0 Å². The lowest BCUT2D eigenvalue weighted by Crippen LogP contribution is -2.36. The normalized spacial score (nSPS) is 18.1. The molecule has 4 nitrogen and oxygen atoms in total. The Bertz CT molecular complexity index is 1150. The summed E-state index contributed by atoms with van der Waals surface area (Å²) in [7, 11) is 0. The summed E-state index contributed by atoms with van der Waals surface area (Å²) < 4.78 is 38.6. The number of benzene rings is 3. The molecule has 0 aliphatic carbocycles. The quantitative estimate of drug-likeness (QED) is 0.396. The van der Waals surface area contributed by atoms with E-state index in [1.54, 1.807) is 24.3 Å². The van der Waals surface area contributed by atoms with Gasteiger partial charge in [-0.25, -0.2) is 8.78 Å². The van der Waals surface area contributed by atoms with Crippen molar-refractivity contribution in [2.75, 3.05) is 6.61 Å². The minimum Gasteiger partial charge on any atom is -0.489 e. The van der Waals surface area contributed by atoms with E-state index in [0.717, 1.165) is 26.5 Å². The van der Waals surface area contributed by atoms with E-state index in [9.17, 15) is 18.7 Å². The zero-order chi connectivity index (χ0) is 24.2. The summed E-state index contributed by atoms with van der Waals surface area (Å²) in [5.74, 6) is -0.350. The highest BCUT2D eigenvalue weighted by molar-refractivity contribution is 7.99. The number of halogens is 2. The van der Waals surface area contributed by atoms with Crippen LogP contribution in [0.1, 0.15) is 38.2 Å². The average molecular weight is 485 g/mol. The van der Waals surface area contributed by atoms with E-state index >= 15 is 0 Å². The molecule has 1 aliphatic heterocycles. The smallest absolute Gasteiger partial charge is 0.308 e. The van der Waals surface area contributed by atoms with Gasteiger partial charge < -0.3 is 14.6 Å². The van der Waals surface area contributed by atoms with Gasteiger partial charge in [0.25, 0.3) is 0 Å². The van der Waals surface area contributed by atoms with Gasteiger partial charge in [-0.2, -0.15) is 0 Å². The second-order valence-electron chi connectivity index (χ2n) is 8.62. The van der Waals surface area contributed by atoms with Gasteiger partial charge >= 0.3 is 5.97 Å². The third-order valence-electron chi connectivity index (χ3n) is 5.57. The molecule has 3 aromatic carbocycles. The largest absolute Gasteiger partial charge is 0.489 e. The number of cyclic esters (lactones) is 1. The maximum atomic E-state index is 13.6. The molecule has 4 rings (SSSR count). The summed E-state index contributed by atoms with van der Waals surface area (Å²) in [6, 6.07) is 16.5. The number of rotatable bonds is 7. The van der Waals surface area contributed by atoms with Gasteiger partial charge in [0, 0.05) is 21.8 Å². The Hall–Kier alpha value is -2.90. The van der Waals surface area contributed by atoms with Crippen molar-refractivity contribution in [2.45, 2.75) is 54.6 Å². The number of carbonyl (C=O) groups is 1. The van der Waals surface area contributed by atoms with Crippen molar-refractivity contribution in [3.05, 3.63) is 77.9 Å². The number of aliphatic hydroxyl groups excluding tert-OH is 1. The highest BCUT2D eigenvalue weighted by Crippen LogP contribution is 2.42. The molecule has 7 heteroatoms. The molecule has 0 amide bonds. The van der Waals surface area contributed by atoms with Gasteiger partial charge in [0.05, 0.1) is 12.5 Å². The summed E-state index contributed by atoms with van der Waals surface area (Å²) in [5, 5.41) is 9.92. The molecule has 1 heterocycles. The first-order chi connectivity index (χ1) is 16.3. The first-order valence-corrected chi connectivity index (χ1v) is 12.0. The molecule has 1 saturated heterocycles. The fourth-order valence-corrected chi connectivity index (χ4v) is 4.80. The van der Waals surface area contributed by atoms with E-state index in [4.69, 9.17) is 9.47 Å². The third-order valence-corrected chi connectivity index (χ3v) is 6.55. The SMILES string of the molecule is CC(C)c1cc(Sc2ccc(F)cc2)cc(-c2ccc(F)cc2)c1OCC1C[C@@H](O)CC(=O)O1. The zero-order valence-corrected chi connectivity index (χ0v) is 19.8. The fourth-order valence-electron chi connectivity index (χ4n) is 3.89. The highest BCUT2D eigenvalue weighted by Gasteiger charge is 2.28. The van der Waals surface area contributed by atoms with Gasteiger partial charge in [-0.15, -0.1) is 0 Å². The molecule has 0 aromatic heterocycles. The number of hydrogen-bond acceptors (Lipinski definition) is 5. The Morgan fingerprint density at radius 1 is 1.03 bits per heavy atom. The molecule has 1 N–H and O–H groups in total. The van der Waals surface area contributed by atoms with E-state index in [2.05, 4.69) is 0 Å². The van der Waals surface area contributed by atoms with Crippen LogP contribution in [0.4, 0.5) is 8.78 Å². The molecule has 1 aliphatic rings. The van der Waals surface area contributed by atoms with Crippen LogP contribution >= 0.6 is 11.8 Å². The number of esters is 1. The van der Waals surface area contributed by atoms with Crippen LogP contribution in [0.25, 0.3) is 11.1 Å². The number of aliphatic hydroxyl groups is 1. The molecule has 34 heavy (non-hydrogen) atoms. The summed E-state index contributed by atoms with van der Waals surface area (Å²) >= 11 is 1.50. The topological polar surface area (TPSA) is 55.8 Å². The Labute approximate surface area is 201 Å². The number of carbonyl (C=O) groups excluding carboxylic acids is 1. The predicted molar refractivity (Wildman–Crippen MR) is 127 cm³/mol. The average Bonchev–Trinajstić information content (AvgIpc) is 2.79. The number of hydrogen-bond donors (Lipinski definition) is 1. The highest BCUT2D eigenvalue weighted by atomic mass is 32.2. The predicted octanol–water partition coefficient (Wildman–Crippen LogP) is 6.35. The van der Waals surface area contributed by atoms with Crippen molar-refractivity contribution in [1.29, 1.82) is 0 Å².